The molecule has 0 saturated heterocycles. The van der Waals surface area contributed by atoms with Crippen molar-refractivity contribution in [1.29, 1.82) is 0 Å². The van der Waals surface area contributed by atoms with Gasteiger partial charge in [-0.25, -0.2) is 0 Å². The molecular formula is C15H16N2O2. The zero-order valence-electron chi connectivity index (χ0n) is 10.6. The van der Waals surface area contributed by atoms with E-state index in [0.29, 0.717) is 13.3 Å². The maximum absolute atomic E-state index is 5.53. The minimum absolute atomic E-state index is 0.294. The minimum atomic E-state index is 0.294. The van der Waals surface area contributed by atoms with Gasteiger partial charge in [-0.2, -0.15) is 0 Å². The Morgan fingerprint density at radius 2 is 2.00 bits per heavy atom. The SMILES string of the molecule is NCCCc1cccc(-c2ccc3c(c2)OCO3)n1. The fourth-order valence-electron chi connectivity index (χ4n) is 2.12. The van der Waals surface area contributed by atoms with E-state index >= 15 is 0 Å². The molecule has 3 rings (SSSR count). The van der Waals surface area contributed by atoms with Crippen molar-refractivity contribution in [3.63, 3.8) is 0 Å². The molecule has 19 heavy (non-hydrogen) atoms. The Kier molecular flexibility index (Phi) is 3.33. The van der Waals surface area contributed by atoms with Crippen LogP contribution in [0.25, 0.3) is 11.3 Å². The van der Waals surface area contributed by atoms with Gasteiger partial charge in [0.05, 0.1) is 5.69 Å². The molecule has 2 heterocycles. The van der Waals surface area contributed by atoms with Gasteiger partial charge in [0.2, 0.25) is 6.79 Å². The molecule has 98 valence electrons. The molecule has 1 aliphatic heterocycles. The summed E-state index contributed by atoms with van der Waals surface area (Å²) in [6.07, 6.45) is 1.87. The fourth-order valence-corrected chi connectivity index (χ4v) is 2.12. The quantitative estimate of drug-likeness (QED) is 0.912. The Morgan fingerprint density at radius 3 is 2.89 bits per heavy atom. The molecule has 1 aliphatic rings. The number of benzene rings is 1. The number of fused-ring (bicyclic) bond motifs is 1. The number of hydrogen-bond acceptors (Lipinski definition) is 4. The van der Waals surface area contributed by atoms with Gasteiger partial charge in [0, 0.05) is 11.3 Å². The second-order valence-corrected chi connectivity index (χ2v) is 4.47. The summed E-state index contributed by atoms with van der Waals surface area (Å²) >= 11 is 0. The van der Waals surface area contributed by atoms with Gasteiger partial charge in [-0.05, 0) is 49.7 Å². The second-order valence-electron chi connectivity index (χ2n) is 4.47. The summed E-state index contributed by atoms with van der Waals surface area (Å²) in [6.45, 7) is 0.985. The van der Waals surface area contributed by atoms with E-state index in [4.69, 9.17) is 15.2 Å². The lowest BCUT2D eigenvalue weighted by atomic mass is 10.1. The summed E-state index contributed by atoms with van der Waals surface area (Å²) in [5.74, 6) is 1.58. The predicted molar refractivity (Wildman–Crippen MR) is 73.2 cm³/mol. The number of pyridine rings is 1. The Bertz CT molecular complexity index is 584. The van der Waals surface area contributed by atoms with Crippen molar-refractivity contribution in [2.45, 2.75) is 12.8 Å². The molecule has 1 aromatic carbocycles. The lowest BCUT2D eigenvalue weighted by Gasteiger charge is -2.05. The van der Waals surface area contributed by atoms with Crippen molar-refractivity contribution >= 4 is 0 Å². The van der Waals surface area contributed by atoms with E-state index in [1.54, 1.807) is 0 Å². The highest BCUT2D eigenvalue weighted by atomic mass is 16.7. The molecule has 0 spiro atoms. The molecule has 1 aromatic heterocycles. The summed E-state index contributed by atoms with van der Waals surface area (Å²) < 4.78 is 10.7. The van der Waals surface area contributed by atoms with E-state index in [9.17, 15) is 0 Å². The Hall–Kier alpha value is -2.07. The lowest BCUT2D eigenvalue weighted by molar-refractivity contribution is 0.174. The first kappa shape index (κ1) is 12.0. The third-order valence-electron chi connectivity index (χ3n) is 3.11. The van der Waals surface area contributed by atoms with Crippen LogP contribution in [0.15, 0.2) is 36.4 Å². The van der Waals surface area contributed by atoms with Gasteiger partial charge in [0.1, 0.15) is 0 Å². The zero-order valence-corrected chi connectivity index (χ0v) is 10.6. The van der Waals surface area contributed by atoms with Crippen molar-refractivity contribution < 1.29 is 9.47 Å². The summed E-state index contributed by atoms with van der Waals surface area (Å²) in [6, 6.07) is 12.0. The molecule has 0 radical (unpaired) electrons. The maximum Gasteiger partial charge on any atom is 0.231 e. The molecule has 0 aliphatic carbocycles. The van der Waals surface area contributed by atoms with Crippen LogP contribution in [0.4, 0.5) is 0 Å². The highest BCUT2D eigenvalue weighted by Gasteiger charge is 2.14. The van der Waals surface area contributed by atoms with Crippen molar-refractivity contribution in [2.24, 2.45) is 5.73 Å². The average molecular weight is 256 g/mol. The molecule has 0 fully saturated rings. The normalized spacial score (nSPS) is 12.7. The van der Waals surface area contributed by atoms with Gasteiger partial charge >= 0.3 is 0 Å². The van der Waals surface area contributed by atoms with Gasteiger partial charge in [-0.3, -0.25) is 4.98 Å². The minimum Gasteiger partial charge on any atom is -0.454 e. The van der Waals surface area contributed by atoms with E-state index in [2.05, 4.69) is 4.98 Å². The lowest BCUT2D eigenvalue weighted by Crippen LogP contribution is -2.01. The first-order chi connectivity index (χ1) is 9.36. The number of aryl methyl sites for hydroxylation is 1. The largest absolute Gasteiger partial charge is 0.454 e. The van der Waals surface area contributed by atoms with Gasteiger partial charge in [0.25, 0.3) is 0 Å². The molecule has 0 bridgehead atoms. The third kappa shape index (κ3) is 2.53. The van der Waals surface area contributed by atoms with Gasteiger partial charge in [-0.1, -0.05) is 6.07 Å². The van der Waals surface area contributed by atoms with E-state index in [1.807, 2.05) is 36.4 Å². The van der Waals surface area contributed by atoms with Gasteiger partial charge in [0.15, 0.2) is 11.5 Å². The first-order valence-corrected chi connectivity index (χ1v) is 6.43. The smallest absolute Gasteiger partial charge is 0.231 e. The Morgan fingerprint density at radius 1 is 1.11 bits per heavy atom. The zero-order chi connectivity index (χ0) is 13.1. The second kappa shape index (κ2) is 5.28. The van der Waals surface area contributed by atoms with Crippen LogP contribution in [-0.4, -0.2) is 18.3 Å². The fraction of sp³-hybridized carbons (Fsp3) is 0.267. The maximum atomic E-state index is 5.53. The summed E-state index contributed by atoms with van der Waals surface area (Å²) in [5.41, 5.74) is 8.59. The third-order valence-corrected chi connectivity index (χ3v) is 3.11. The molecular weight excluding hydrogens is 240 g/mol. The molecule has 0 saturated carbocycles. The van der Waals surface area contributed by atoms with Crippen molar-refractivity contribution in [2.75, 3.05) is 13.3 Å². The van der Waals surface area contributed by atoms with E-state index in [1.165, 1.54) is 0 Å². The molecule has 0 atom stereocenters. The van der Waals surface area contributed by atoms with E-state index < -0.39 is 0 Å². The van der Waals surface area contributed by atoms with Crippen LogP contribution in [0.2, 0.25) is 0 Å². The standard InChI is InChI=1S/C15H16N2O2/c16-8-2-4-12-3-1-5-13(17-12)11-6-7-14-15(9-11)19-10-18-14/h1,3,5-7,9H,2,4,8,10,16H2. The van der Waals surface area contributed by atoms with E-state index in [0.717, 1.165) is 41.3 Å². The number of rotatable bonds is 4. The Labute approximate surface area is 112 Å². The highest BCUT2D eigenvalue weighted by Crippen LogP contribution is 2.35. The van der Waals surface area contributed by atoms with Crippen molar-refractivity contribution in [1.82, 2.24) is 4.98 Å². The van der Waals surface area contributed by atoms with Gasteiger partial charge in [-0.15, -0.1) is 0 Å². The monoisotopic (exact) mass is 256 g/mol. The van der Waals surface area contributed by atoms with Crippen LogP contribution < -0.4 is 15.2 Å². The highest BCUT2D eigenvalue weighted by molar-refractivity contribution is 5.64. The predicted octanol–water partition coefficient (Wildman–Crippen LogP) is 2.37. The molecule has 0 unspecified atom stereocenters. The summed E-state index contributed by atoms with van der Waals surface area (Å²) in [7, 11) is 0. The number of hydrogen-bond donors (Lipinski definition) is 1. The number of aromatic nitrogens is 1. The van der Waals surface area contributed by atoms with Crippen molar-refractivity contribution in [3.05, 3.63) is 42.1 Å². The van der Waals surface area contributed by atoms with Crippen LogP contribution in [0.5, 0.6) is 11.5 Å². The molecule has 4 nitrogen and oxygen atoms in total. The first-order valence-electron chi connectivity index (χ1n) is 6.43. The number of nitrogens with zero attached hydrogens (tertiary/aromatic N) is 1. The molecule has 2 aromatic rings. The van der Waals surface area contributed by atoms with Crippen LogP contribution in [-0.2, 0) is 6.42 Å². The van der Waals surface area contributed by atoms with Crippen LogP contribution >= 0.6 is 0 Å². The van der Waals surface area contributed by atoms with Crippen molar-refractivity contribution in [3.8, 4) is 22.8 Å². The van der Waals surface area contributed by atoms with E-state index in [-0.39, 0.29) is 0 Å². The summed E-state index contributed by atoms with van der Waals surface area (Å²) in [5, 5.41) is 0. The number of nitrogens with two attached hydrogens (primary N) is 1. The molecule has 4 heteroatoms. The topological polar surface area (TPSA) is 57.4 Å². The van der Waals surface area contributed by atoms with Crippen LogP contribution in [0.3, 0.4) is 0 Å². The van der Waals surface area contributed by atoms with Crippen LogP contribution in [0, 0.1) is 0 Å². The Balaban J connectivity index is 1.89. The van der Waals surface area contributed by atoms with Gasteiger partial charge < -0.3 is 15.2 Å². The molecule has 2 N–H and O–H groups in total. The molecule has 0 amide bonds. The summed E-state index contributed by atoms with van der Waals surface area (Å²) in [4.78, 5) is 4.65. The van der Waals surface area contributed by atoms with Crippen LogP contribution in [0.1, 0.15) is 12.1 Å². The average Bonchev–Trinajstić information content (AvgIpc) is 2.92. The number of ether oxygens (including phenoxy) is 2.